The van der Waals surface area contributed by atoms with Gasteiger partial charge in [-0.05, 0) is 69.5 Å². The van der Waals surface area contributed by atoms with Crippen LogP contribution in [0.2, 0.25) is 0 Å². The van der Waals surface area contributed by atoms with Gasteiger partial charge in [-0.25, -0.2) is 0 Å². The highest BCUT2D eigenvalue weighted by atomic mass is 16.2. The third kappa shape index (κ3) is 7.50. The van der Waals surface area contributed by atoms with Crippen molar-refractivity contribution in [1.29, 1.82) is 5.26 Å². The molecule has 0 aromatic heterocycles. The molecule has 8 nitrogen and oxygen atoms in total. The summed E-state index contributed by atoms with van der Waals surface area (Å²) in [4.78, 5) is 41.7. The van der Waals surface area contributed by atoms with E-state index in [1.54, 1.807) is 36.1 Å². The zero-order valence-corrected chi connectivity index (χ0v) is 22.3. The molecular formula is C30H37N5O3. The molecule has 2 aromatic rings. The second-order valence-electron chi connectivity index (χ2n) is 10.5. The molecule has 38 heavy (non-hydrogen) atoms. The van der Waals surface area contributed by atoms with Crippen LogP contribution in [0.3, 0.4) is 0 Å². The number of nitriles is 1. The van der Waals surface area contributed by atoms with E-state index >= 15 is 0 Å². The molecule has 2 aliphatic rings. The van der Waals surface area contributed by atoms with Crippen LogP contribution in [0.1, 0.15) is 59.2 Å². The van der Waals surface area contributed by atoms with Crippen LogP contribution in [0.25, 0.3) is 0 Å². The van der Waals surface area contributed by atoms with Crippen molar-refractivity contribution in [2.75, 3.05) is 39.3 Å². The Bertz CT molecular complexity index is 1160. The number of aryl methyl sites for hydroxylation is 1. The summed E-state index contributed by atoms with van der Waals surface area (Å²) in [6.07, 6.45) is 2.40. The number of nitrogens with zero attached hydrogens (tertiary/aromatic N) is 3. The van der Waals surface area contributed by atoms with Crippen molar-refractivity contribution in [3.8, 4) is 6.07 Å². The number of amides is 2. The molecule has 2 N–H and O–H groups in total. The standard InChI is InChI=1S/C30H37N5O3/c1-21-5-9-24(10-6-21)26-18-28(26)32-13-3-4-27(33-29(37)25-11-7-23(19-31)8-12-25)30(38)35-16-14-34(15-17-35)20-22(2)36/h5-12,26-28,32H,3-4,13-18,20H2,1-2H3,(H,33,37)/t26-,27-,28+/m0/s1. The molecule has 0 unspecified atom stereocenters. The fraction of sp³-hybridized carbons (Fsp3) is 0.467. The fourth-order valence-corrected chi connectivity index (χ4v) is 5.05. The predicted octanol–water partition coefficient (Wildman–Crippen LogP) is 2.62. The van der Waals surface area contributed by atoms with Crippen LogP contribution in [0.15, 0.2) is 48.5 Å². The quantitative estimate of drug-likeness (QED) is 0.446. The Balaban J connectivity index is 1.32. The van der Waals surface area contributed by atoms with Gasteiger partial charge in [-0.3, -0.25) is 19.3 Å². The topological polar surface area (TPSA) is 106 Å². The minimum Gasteiger partial charge on any atom is -0.340 e. The van der Waals surface area contributed by atoms with Crippen LogP contribution in [-0.2, 0) is 9.59 Å². The Kier molecular flexibility index (Phi) is 9.27. The van der Waals surface area contributed by atoms with E-state index in [0.717, 1.165) is 19.4 Å². The molecule has 3 atom stereocenters. The van der Waals surface area contributed by atoms with Gasteiger partial charge in [0.2, 0.25) is 5.91 Å². The summed E-state index contributed by atoms with van der Waals surface area (Å²) in [6, 6.07) is 17.0. The van der Waals surface area contributed by atoms with Gasteiger partial charge < -0.3 is 15.5 Å². The molecule has 0 radical (unpaired) electrons. The number of nitrogens with one attached hydrogen (secondary N) is 2. The zero-order chi connectivity index (χ0) is 27.1. The van der Waals surface area contributed by atoms with Crippen molar-refractivity contribution in [3.63, 3.8) is 0 Å². The van der Waals surface area contributed by atoms with Gasteiger partial charge >= 0.3 is 0 Å². The first-order chi connectivity index (χ1) is 18.3. The summed E-state index contributed by atoms with van der Waals surface area (Å²) in [5.41, 5.74) is 3.52. The van der Waals surface area contributed by atoms with Gasteiger partial charge in [0.15, 0.2) is 0 Å². The molecule has 1 heterocycles. The van der Waals surface area contributed by atoms with Crippen molar-refractivity contribution in [1.82, 2.24) is 20.4 Å². The van der Waals surface area contributed by atoms with Crippen molar-refractivity contribution in [2.24, 2.45) is 0 Å². The lowest BCUT2D eigenvalue weighted by molar-refractivity contribution is -0.135. The van der Waals surface area contributed by atoms with Crippen LogP contribution in [-0.4, -0.2) is 78.7 Å². The summed E-state index contributed by atoms with van der Waals surface area (Å²) >= 11 is 0. The van der Waals surface area contributed by atoms with Gasteiger partial charge in [-0.1, -0.05) is 29.8 Å². The first kappa shape index (κ1) is 27.5. The number of Topliss-reactive ketones (excluding diaryl/α,β-unsaturated/α-hetero) is 1. The fourth-order valence-electron chi connectivity index (χ4n) is 5.05. The van der Waals surface area contributed by atoms with Gasteiger partial charge in [0.25, 0.3) is 5.91 Å². The molecule has 2 aromatic carbocycles. The molecule has 1 aliphatic heterocycles. The van der Waals surface area contributed by atoms with E-state index in [1.807, 2.05) is 0 Å². The van der Waals surface area contributed by atoms with E-state index in [9.17, 15) is 14.4 Å². The minimum atomic E-state index is -0.633. The SMILES string of the molecule is CC(=O)CN1CCN(C(=O)[C@H](CCCN[C@@H]2C[C@H]2c2ccc(C)cc2)NC(=O)c2ccc(C#N)cc2)CC1. The van der Waals surface area contributed by atoms with E-state index in [4.69, 9.17) is 5.26 Å². The second-order valence-corrected chi connectivity index (χ2v) is 10.5. The minimum absolute atomic E-state index is 0.0848. The number of hydrogen-bond acceptors (Lipinski definition) is 6. The van der Waals surface area contributed by atoms with Crippen LogP contribution < -0.4 is 10.6 Å². The maximum atomic E-state index is 13.5. The first-order valence-corrected chi connectivity index (χ1v) is 13.5. The Morgan fingerprint density at radius 1 is 1.03 bits per heavy atom. The molecule has 8 heteroatoms. The molecule has 0 bridgehead atoms. The normalized spacial score (nSPS) is 19.9. The lowest BCUT2D eigenvalue weighted by Crippen LogP contribution is -2.55. The van der Waals surface area contributed by atoms with E-state index in [-0.39, 0.29) is 17.6 Å². The largest absolute Gasteiger partial charge is 0.340 e. The van der Waals surface area contributed by atoms with E-state index < -0.39 is 6.04 Å². The van der Waals surface area contributed by atoms with E-state index in [0.29, 0.717) is 62.2 Å². The van der Waals surface area contributed by atoms with E-state index in [2.05, 4.69) is 52.8 Å². The molecule has 0 spiro atoms. The van der Waals surface area contributed by atoms with Gasteiger partial charge in [0.1, 0.15) is 11.8 Å². The Labute approximate surface area is 225 Å². The highest BCUT2D eigenvalue weighted by molar-refractivity contribution is 5.97. The van der Waals surface area contributed by atoms with Crippen LogP contribution in [0.4, 0.5) is 0 Å². The zero-order valence-electron chi connectivity index (χ0n) is 22.3. The van der Waals surface area contributed by atoms with Gasteiger partial charge in [0, 0.05) is 43.7 Å². The molecule has 1 aliphatic carbocycles. The molecular weight excluding hydrogens is 478 g/mol. The van der Waals surface area contributed by atoms with Gasteiger partial charge in [-0.2, -0.15) is 5.26 Å². The lowest BCUT2D eigenvalue weighted by Gasteiger charge is -2.36. The molecule has 1 saturated carbocycles. The smallest absolute Gasteiger partial charge is 0.251 e. The molecule has 2 fully saturated rings. The number of ketones is 1. The third-order valence-corrected chi connectivity index (χ3v) is 7.38. The number of rotatable bonds is 11. The predicted molar refractivity (Wildman–Crippen MR) is 146 cm³/mol. The number of carbonyl (C=O) groups is 3. The summed E-state index contributed by atoms with van der Waals surface area (Å²) in [5, 5.41) is 15.6. The highest BCUT2D eigenvalue weighted by Crippen LogP contribution is 2.40. The Morgan fingerprint density at radius 2 is 1.71 bits per heavy atom. The number of piperazine rings is 1. The summed E-state index contributed by atoms with van der Waals surface area (Å²) in [5.74, 6) is 0.247. The summed E-state index contributed by atoms with van der Waals surface area (Å²) < 4.78 is 0. The highest BCUT2D eigenvalue weighted by Gasteiger charge is 2.37. The van der Waals surface area contributed by atoms with E-state index in [1.165, 1.54) is 11.1 Å². The second kappa shape index (κ2) is 12.8. The molecule has 1 saturated heterocycles. The van der Waals surface area contributed by atoms with Crippen molar-refractivity contribution in [2.45, 2.75) is 51.1 Å². The average molecular weight is 516 g/mol. The number of benzene rings is 2. The lowest BCUT2D eigenvalue weighted by atomic mass is 10.1. The average Bonchev–Trinajstić information content (AvgIpc) is 3.70. The summed E-state index contributed by atoms with van der Waals surface area (Å²) in [7, 11) is 0. The maximum absolute atomic E-state index is 13.5. The number of hydrogen-bond donors (Lipinski definition) is 2. The van der Waals surface area contributed by atoms with Gasteiger partial charge in [-0.15, -0.1) is 0 Å². The van der Waals surface area contributed by atoms with Crippen molar-refractivity contribution < 1.29 is 14.4 Å². The third-order valence-electron chi connectivity index (χ3n) is 7.38. The summed E-state index contributed by atoms with van der Waals surface area (Å²) in [6.45, 7) is 7.20. The molecule has 2 amide bonds. The monoisotopic (exact) mass is 515 g/mol. The Hall–Kier alpha value is -3.54. The van der Waals surface area contributed by atoms with Crippen molar-refractivity contribution >= 4 is 17.6 Å². The number of carbonyl (C=O) groups excluding carboxylic acids is 3. The van der Waals surface area contributed by atoms with Crippen molar-refractivity contribution in [3.05, 3.63) is 70.8 Å². The molecule has 200 valence electrons. The van der Waals surface area contributed by atoms with Crippen LogP contribution in [0.5, 0.6) is 0 Å². The molecule has 4 rings (SSSR count). The maximum Gasteiger partial charge on any atom is 0.251 e. The van der Waals surface area contributed by atoms with Crippen LogP contribution >= 0.6 is 0 Å². The Morgan fingerprint density at radius 3 is 2.34 bits per heavy atom. The van der Waals surface area contributed by atoms with Gasteiger partial charge in [0.05, 0.1) is 18.2 Å². The first-order valence-electron chi connectivity index (χ1n) is 13.5. The van der Waals surface area contributed by atoms with Crippen LogP contribution in [0, 0.1) is 18.3 Å².